The minimum Gasteiger partial charge on any atom is -0.451 e. The van der Waals surface area contributed by atoms with Crippen molar-refractivity contribution in [1.82, 2.24) is 9.99 Å². The summed E-state index contributed by atoms with van der Waals surface area (Å²) in [6, 6.07) is 12.8. The maximum absolute atomic E-state index is 12.4. The second-order valence-electron chi connectivity index (χ2n) is 7.05. The van der Waals surface area contributed by atoms with E-state index in [-0.39, 0.29) is 11.4 Å². The van der Waals surface area contributed by atoms with Crippen LogP contribution in [0.1, 0.15) is 27.5 Å². The van der Waals surface area contributed by atoms with Gasteiger partial charge in [-0.05, 0) is 50.2 Å². The van der Waals surface area contributed by atoms with Gasteiger partial charge < -0.3 is 8.98 Å². The molecule has 0 atom stereocenters. The van der Waals surface area contributed by atoms with Crippen LogP contribution in [0.2, 0.25) is 10.0 Å². The zero-order chi connectivity index (χ0) is 23.0. The molecule has 2 aromatic heterocycles. The summed E-state index contributed by atoms with van der Waals surface area (Å²) in [5.74, 6) is -0.572. The number of hydrogen-bond acceptors (Lipinski definition) is 5. The van der Waals surface area contributed by atoms with Crippen LogP contribution >= 0.6 is 23.2 Å². The number of amides is 1. The van der Waals surface area contributed by atoms with E-state index in [0.29, 0.717) is 21.0 Å². The molecule has 1 N–H and O–H groups in total. The fraction of sp³-hybridized carbons (Fsp3) is 0.0909. The van der Waals surface area contributed by atoms with Gasteiger partial charge in [-0.2, -0.15) is 5.10 Å². The molecular formula is C22H16Cl2N4O4. The average Bonchev–Trinajstić information content (AvgIpc) is 3.30. The van der Waals surface area contributed by atoms with E-state index in [1.54, 1.807) is 12.1 Å². The molecule has 32 heavy (non-hydrogen) atoms. The van der Waals surface area contributed by atoms with Gasteiger partial charge in [-0.1, -0.05) is 23.2 Å². The number of hydrazone groups is 1. The molecule has 8 nitrogen and oxygen atoms in total. The van der Waals surface area contributed by atoms with Gasteiger partial charge in [0.25, 0.3) is 5.69 Å². The molecule has 0 fully saturated rings. The van der Waals surface area contributed by atoms with E-state index in [1.807, 2.05) is 30.5 Å². The number of nitro groups is 1. The predicted molar refractivity (Wildman–Crippen MR) is 123 cm³/mol. The molecular weight excluding hydrogens is 455 g/mol. The summed E-state index contributed by atoms with van der Waals surface area (Å²) in [6.45, 7) is 3.86. The summed E-state index contributed by atoms with van der Waals surface area (Å²) in [5.41, 5.74) is 6.21. The zero-order valence-electron chi connectivity index (χ0n) is 16.9. The van der Waals surface area contributed by atoms with Crippen LogP contribution in [-0.2, 0) is 0 Å². The molecule has 0 saturated carbocycles. The molecule has 1 amide bonds. The highest BCUT2D eigenvalue weighted by molar-refractivity contribution is 6.42. The quantitative estimate of drug-likeness (QED) is 0.225. The number of rotatable bonds is 5. The zero-order valence-corrected chi connectivity index (χ0v) is 18.4. The van der Waals surface area contributed by atoms with Gasteiger partial charge in [0.05, 0.1) is 21.2 Å². The molecule has 4 rings (SSSR count). The second-order valence-corrected chi connectivity index (χ2v) is 7.86. The first-order chi connectivity index (χ1) is 15.2. The summed E-state index contributed by atoms with van der Waals surface area (Å²) in [7, 11) is 0. The summed E-state index contributed by atoms with van der Waals surface area (Å²) in [5, 5.41) is 16.3. The Bertz CT molecular complexity index is 1400. The number of aryl methyl sites for hydroxylation is 1. The van der Waals surface area contributed by atoms with Crippen molar-refractivity contribution in [2.45, 2.75) is 13.8 Å². The lowest BCUT2D eigenvalue weighted by Crippen LogP contribution is -2.16. The van der Waals surface area contributed by atoms with E-state index in [9.17, 15) is 14.9 Å². The van der Waals surface area contributed by atoms with Crippen molar-refractivity contribution < 1.29 is 14.1 Å². The van der Waals surface area contributed by atoms with E-state index >= 15 is 0 Å². The maximum Gasteiger partial charge on any atom is 0.307 e. The molecule has 0 aliphatic carbocycles. The first kappa shape index (κ1) is 21.6. The van der Waals surface area contributed by atoms with Crippen LogP contribution in [0.3, 0.4) is 0 Å². The van der Waals surface area contributed by atoms with E-state index in [4.69, 9.17) is 27.6 Å². The first-order valence-corrected chi connectivity index (χ1v) is 10.2. The van der Waals surface area contributed by atoms with E-state index in [2.05, 4.69) is 10.5 Å². The lowest BCUT2D eigenvalue weighted by Gasteiger charge is -2.10. The predicted octanol–water partition coefficient (Wildman–Crippen LogP) is 5.82. The summed E-state index contributed by atoms with van der Waals surface area (Å²) in [4.78, 5) is 22.8. The monoisotopic (exact) mass is 470 g/mol. The summed E-state index contributed by atoms with van der Waals surface area (Å²) in [6.07, 6.45) is 1.53. The minimum atomic E-state index is -0.571. The fourth-order valence-corrected chi connectivity index (χ4v) is 3.70. The molecule has 162 valence electrons. The number of aromatic nitrogens is 1. The average molecular weight is 471 g/mol. The largest absolute Gasteiger partial charge is 0.451 e. The molecule has 0 aliphatic heterocycles. The number of carbonyl (C=O) groups excluding carboxylic acids is 1. The van der Waals surface area contributed by atoms with Gasteiger partial charge in [0.1, 0.15) is 5.58 Å². The Labute approximate surface area is 192 Å². The Morgan fingerprint density at radius 2 is 1.91 bits per heavy atom. The standard InChI is InChI=1S/C22H16Cl2N4O4/c1-12-7-15(13(2)27(12)16-3-5-18(23)19(24)10-16)11-25-26-22(29)21-9-14-8-17(28(30)31)4-6-20(14)32-21/h3-11H,1-2H3,(H,26,29)/b25-11-. The first-order valence-electron chi connectivity index (χ1n) is 9.40. The number of benzene rings is 2. The smallest absolute Gasteiger partial charge is 0.307 e. The number of furan rings is 1. The Morgan fingerprint density at radius 1 is 1.12 bits per heavy atom. The van der Waals surface area contributed by atoms with Crippen molar-refractivity contribution in [2.75, 3.05) is 0 Å². The molecule has 0 bridgehead atoms. The van der Waals surface area contributed by atoms with Crippen LogP contribution in [0.15, 0.2) is 58.0 Å². The molecule has 0 radical (unpaired) electrons. The van der Waals surface area contributed by atoms with Crippen molar-refractivity contribution in [3.8, 4) is 5.69 Å². The molecule has 0 spiro atoms. The highest BCUT2D eigenvalue weighted by Crippen LogP contribution is 2.27. The third-order valence-corrected chi connectivity index (χ3v) is 5.67. The van der Waals surface area contributed by atoms with Gasteiger partial charge in [-0.25, -0.2) is 5.43 Å². The van der Waals surface area contributed by atoms with Crippen LogP contribution in [0, 0.1) is 24.0 Å². The molecule has 2 heterocycles. The molecule has 10 heteroatoms. The third-order valence-electron chi connectivity index (χ3n) is 4.94. The summed E-state index contributed by atoms with van der Waals surface area (Å²) >= 11 is 12.2. The molecule has 4 aromatic rings. The van der Waals surface area contributed by atoms with Crippen LogP contribution in [0.5, 0.6) is 0 Å². The number of fused-ring (bicyclic) bond motifs is 1. The number of nitrogens with zero attached hydrogens (tertiary/aromatic N) is 3. The molecule has 0 aliphatic rings. The molecule has 2 aromatic carbocycles. The lowest BCUT2D eigenvalue weighted by molar-refractivity contribution is -0.384. The van der Waals surface area contributed by atoms with Gasteiger partial charge in [0.15, 0.2) is 5.76 Å². The number of non-ortho nitro benzene ring substituents is 1. The van der Waals surface area contributed by atoms with Crippen LogP contribution in [0.4, 0.5) is 5.69 Å². The molecule has 0 saturated heterocycles. The van der Waals surface area contributed by atoms with Crippen molar-refractivity contribution in [2.24, 2.45) is 5.10 Å². The van der Waals surface area contributed by atoms with Crippen LogP contribution in [0.25, 0.3) is 16.7 Å². The number of carbonyl (C=O) groups is 1. The van der Waals surface area contributed by atoms with Gasteiger partial charge in [0, 0.05) is 40.2 Å². The van der Waals surface area contributed by atoms with Crippen molar-refractivity contribution >= 4 is 52.0 Å². The van der Waals surface area contributed by atoms with Crippen LogP contribution < -0.4 is 5.43 Å². The van der Waals surface area contributed by atoms with Crippen LogP contribution in [-0.4, -0.2) is 21.6 Å². The van der Waals surface area contributed by atoms with Gasteiger partial charge in [-0.3, -0.25) is 14.9 Å². The highest BCUT2D eigenvalue weighted by Gasteiger charge is 2.15. The summed E-state index contributed by atoms with van der Waals surface area (Å²) < 4.78 is 7.45. The Morgan fingerprint density at radius 3 is 2.62 bits per heavy atom. The highest BCUT2D eigenvalue weighted by atomic mass is 35.5. The fourth-order valence-electron chi connectivity index (χ4n) is 3.41. The molecule has 0 unspecified atom stereocenters. The maximum atomic E-state index is 12.4. The third kappa shape index (κ3) is 4.10. The lowest BCUT2D eigenvalue weighted by atomic mass is 10.2. The SMILES string of the molecule is Cc1cc(/C=N\NC(=O)c2cc3cc([N+](=O)[O-])ccc3o2)c(C)n1-c1ccc(Cl)c(Cl)c1. The van der Waals surface area contributed by atoms with E-state index in [0.717, 1.165) is 22.6 Å². The Kier molecular flexibility index (Phi) is 5.73. The minimum absolute atomic E-state index is 0.000994. The van der Waals surface area contributed by atoms with Crippen molar-refractivity contribution in [1.29, 1.82) is 0 Å². The van der Waals surface area contributed by atoms with E-state index in [1.165, 1.54) is 30.5 Å². The Balaban J connectivity index is 1.53. The number of halogens is 2. The van der Waals surface area contributed by atoms with Crippen molar-refractivity contribution in [3.05, 3.63) is 91.4 Å². The topological polar surface area (TPSA) is 103 Å². The van der Waals surface area contributed by atoms with Gasteiger partial charge in [-0.15, -0.1) is 0 Å². The van der Waals surface area contributed by atoms with Gasteiger partial charge >= 0.3 is 5.91 Å². The van der Waals surface area contributed by atoms with Gasteiger partial charge in [0.2, 0.25) is 0 Å². The van der Waals surface area contributed by atoms with Crippen molar-refractivity contribution in [3.63, 3.8) is 0 Å². The number of nitrogens with one attached hydrogen (secondary N) is 1. The Hall–Kier alpha value is -3.62. The number of nitro benzene ring substituents is 1. The normalized spacial score (nSPS) is 11.4. The second kappa shape index (κ2) is 8.49. The number of hydrogen-bond donors (Lipinski definition) is 1. The van der Waals surface area contributed by atoms with E-state index < -0.39 is 10.8 Å².